The lowest BCUT2D eigenvalue weighted by Gasteiger charge is -2.06. The zero-order valence-corrected chi connectivity index (χ0v) is 9.31. The molecule has 1 rings (SSSR count). The number of aromatic nitrogens is 2. The predicted octanol–water partition coefficient (Wildman–Crippen LogP) is 0.892. The highest BCUT2D eigenvalue weighted by Crippen LogP contribution is 2.11. The first kappa shape index (κ1) is 11.9. The van der Waals surface area contributed by atoms with Gasteiger partial charge in [0.1, 0.15) is 5.92 Å². The van der Waals surface area contributed by atoms with Crippen LogP contribution in [0.3, 0.4) is 0 Å². The third kappa shape index (κ3) is 2.92. The normalized spacial score (nSPS) is 11.4. The maximum absolute atomic E-state index is 11.4. The number of aryl methyl sites for hydroxylation is 1. The van der Waals surface area contributed by atoms with E-state index in [4.69, 9.17) is 10.00 Å². The Morgan fingerprint density at radius 1 is 1.62 bits per heavy atom. The van der Waals surface area contributed by atoms with Gasteiger partial charge in [-0.15, -0.1) is 0 Å². The van der Waals surface area contributed by atoms with Gasteiger partial charge in [0.25, 0.3) is 0 Å². The molecule has 6 heteroatoms. The van der Waals surface area contributed by atoms with Gasteiger partial charge in [0.05, 0.1) is 13.2 Å². The van der Waals surface area contributed by atoms with Gasteiger partial charge in [-0.05, 0) is 13.8 Å². The van der Waals surface area contributed by atoms with Gasteiger partial charge in [-0.1, -0.05) is 0 Å². The van der Waals surface area contributed by atoms with Crippen molar-refractivity contribution < 1.29 is 9.53 Å². The molecule has 0 radical (unpaired) electrons. The second kappa shape index (κ2) is 5.07. The standard InChI is InChI=1S/C10H12N4O2/c1-6(5-11)9(15)14-10-12-7(2)4-8(13-10)16-3/h4,6H,1-3H3,(H,12,13,14,15). The number of methoxy groups -OCH3 is 1. The fourth-order valence-corrected chi connectivity index (χ4v) is 0.977. The molecule has 0 aliphatic carbocycles. The third-order valence-electron chi connectivity index (χ3n) is 1.86. The number of anilines is 1. The van der Waals surface area contributed by atoms with Gasteiger partial charge in [-0.25, -0.2) is 4.98 Å². The molecule has 0 saturated heterocycles. The Bertz CT molecular complexity index is 439. The number of rotatable bonds is 3. The number of amides is 1. The van der Waals surface area contributed by atoms with Gasteiger partial charge in [-0.2, -0.15) is 10.2 Å². The lowest BCUT2D eigenvalue weighted by molar-refractivity contribution is -0.118. The average molecular weight is 220 g/mol. The third-order valence-corrected chi connectivity index (χ3v) is 1.86. The van der Waals surface area contributed by atoms with Crippen molar-refractivity contribution in [3.8, 4) is 11.9 Å². The molecule has 0 aliphatic rings. The summed E-state index contributed by atoms with van der Waals surface area (Å²) in [6, 6.07) is 3.47. The average Bonchev–Trinajstić information content (AvgIpc) is 2.26. The molecule has 1 heterocycles. The highest BCUT2D eigenvalue weighted by Gasteiger charge is 2.13. The molecule has 1 amide bonds. The summed E-state index contributed by atoms with van der Waals surface area (Å²) in [6.07, 6.45) is 0. The summed E-state index contributed by atoms with van der Waals surface area (Å²) in [6.45, 7) is 3.26. The van der Waals surface area contributed by atoms with E-state index in [2.05, 4.69) is 15.3 Å². The summed E-state index contributed by atoms with van der Waals surface area (Å²) in [5, 5.41) is 11.0. The zero-order valence-electron chi connectivity index (χ0n) is 9.31. The SMILES string of the molecule is COc1cc(C)nc(NC(=O)C(C)C#N)n1. The number of carbonyl (C=O) groups excluding carboxylic acids is 1. The Balaban J connectivity index is 2.86. The minimum atomic E-state index is -0.741. The number of ether oxygens (including phenoxy) is 1. The maximum Gasteiger partial charge on any atom is 0.243 e. The van der Waals surface area contributed by atoms with Crippen LogP contribution in [0.4, 0.5) is 5.95 Å². The van der Waals surface area contributed by atoms with Gasteiger partial charge in [0.15, 0.2) is 0 Å². The monoisotopic (exact) mass is 220 g/mol. The first-order valence-corrected chi connectivity index (χ1v) is 4.67. The molecule has 0 aromatic carbocycles. The minimum absolute atomic E-state index is 0.143. The highest BCUT2D eigenvalue weighted by atomic mass is 16.5. The number of carbonyl (C=O) groups is 1. The molecular formula is C10H12N4O2. The van der Waals surface area contributed by atoms with Crippen LogP contribution < -0.4 is 10.1 Å². The zero-order chi connectivity index (χ0) is 12.1. The van der Waals surface area contributed by atoms with E-state index in [1.807, 2.05) is 6.07 Å². The molecular weight excluding hydrogens is 208 g/mol. The molecule has 84 valence electrons. The van der Waals surface area contributed by atoms with Crippen LogP contribution in [0.25, 0.3) is 0 Å². The predicted molar refractivity (Wildman–Crippen MR) is 56.7 cm³/mol. The van der Waals surface area contributed by atoms with Gasteiger partial charge >= 0.3 is 0 Å². The van der Waals surface area contributed by atoms with Crippen LogP contribution in [0.1, 0.15) is 12.6 Å². The van der Waals surface area contributed by atoms with Gasteiger partial charge in [0.2, 0.25) is 17.7 Å². The summed E-state index contributed by atoms with van der Waals surface area (Å²) in [4.78, 5) is 19.3. The molecule has 1 aromatic heterocycles. The highest BCUT2D eigenvalue weighted by molar-refractivity contribution is 5.92. The van der Waals surface area contributed by atoms with E-state index in [1.54, 1.807) is 13.0 Å². The summed E-state index contributed by atoms with van der Waals surface area (Å²) < 4.78 is 4.94. The maximum atomic E-state index is 11.4. The first-order valence-electron chi connectivity index (χ1n) is 4.67. The lowest BCUT2D eigenvalue weighted by Crippen LogP contribution is -2.20. The molecule has 0 bridgehead atoms. The van der Waals surface area contributed by atoms with Crippen LogP contribution in [0.15, 0.2) is 6.07 Å². The van der Waals surface area contributed by atoms with Gasteiger partial charge < -0.3 is 4.74 Å². The van der Waals surface area contributed by atoms with Crippen molar-refractivity contribution in [2.24, 2.45) is 5.92 Å². The van der Waals surface area contributed by atoms with Crippen molar-refractivity contribution >= 4 is 11.9 Å². The van der Waals surface area contributed by atoms with E-state index < -0.39 is 11.8 Å². The summed E-state index contributed by atoms with van der Waals surface area (Å²) in [7, 11) is 1.48. The summed E-state index contributed by atoms with van der Waals surface area (Å²) in [5.74, 6) is -0.665. The number of hydrogen-bond acceptors (Lipinski definition) is 5. The molecule has 1 N–H and O–H groups in total. The summed E-state index contributed by atoms with van der Waals surface area (Å²) >= 11 is 0. The van der Waals surface area contributed by atoms with Gasteiger partial charge in [-0.3, -0.25) is 10.1 Å². The van der Waals surface area contributed by atoms with Crippen LogP contribution in [-0.2, 0) is 4.79 Å². The van der Waals surface area contributed by atoms with Crippen molar-refractivity contribution in [3.63, 3.8) is 0 Å². The molecule has 0 spiro atoms. The van der Waals surface area contributed by atoms with E-state index >= 15 is 0 Å². The quantitative estimate of drug-likeness (QED) is 0.817. The molecule has 1 aromatic rings. The van der Waals surface area contributed by atoms with Crippen LogP contribution in [0.5, 0.6) is 5.88 Å². The number of nitrogens with zero attached hydrogens (tertiary/aromatic N) is 3. The van der Waals surface area contributed by atoms with Crippen molar-refractivity contribution in [1.82, 2.24) is 9.97 Å². The second-order valence-corrected chi connectivity index (χ2v) is 3.22. The van der Waals surface area contributed by atoms with Crippen LogP contribution in [-0.4, -0.2) is 23.0 Å². The molecule has 1 unspecified atom stereocenters. The first-order chi connectivity index (χ1) is 7.56. The lowest BCUT2D eigenvalue weighted by atomic mass is 10.2. The van der Waals surface area contributed by atoms with E-state index in [-0.39, 0.29) is 5.95 Å². The van der Waals surface area contributed by atoms with E-state index in [1.165, 1.54) is 14.0 Å². The van der Waals surface area contributed by atoms with Crippen molar-refractivity contribution in [3.05, 3.63) is 11.8 Å². The Kier molecular flexibility index (Phi) is 3.78. The number of hydrogen-bond donors (Lipinski definition) is 1. The Morgan fingerprint density at radius 2 is 2.31 bits per heavy atom. The Hall–Kier alpha value is -2.16. The number of nitriles is 1. The van der Waals surface area contributed by atoms with Crippen LogP contribution in [0.2, 0.25) is 0 Å². The molecule has 0 saturated carbocycles. The number of nitrogens with one attached hydrogen (secondary N) is 1. The topological polar surface area (TPSA) is 87.9 Å². The van der Waals surface area contributed by atoms with Crippen molar-refractivity contribution in [2.45, 2.75) is 13.8 Å². The largest absolute Gasteiger partial charge is 0.481 e. The Labute approximate surface area is 93.3 Å². The van der Waals surface area contributed by atoms with Gasteiger partial charge in [0, 0.05) is 11.8 Å². The molecule has 16 heavy (non-hydrogen) atoms. The second-order valence-electron chi connectivity index (χ2n) is 3.22. The van der Waals surface area contributed by atoms with E-state index in [9.17, 15) is 4.79 Å². The minimum Gasteiger partial charge on any atom is -0.481 e. The molecule has 1 atom stereocenters. The molecule has 0 fully saturated rings. The smallest absolute Gasteiger partial charge is 0.243 e. The van der Waals surface area contributed by atoms with Crippen LogP contribution >= 0.6 is 0 Å². The fourth-order valence-electron chi connectivity index (χ4n) is 0.977. The Morgan fingerprint density at radius 3 is 2.88 bits per heavy atom. The molecule has 6 nitrogen and oxygen atoms in total. The molecule has 0 aliphatic heterocycles. The van der Waals surface area contributed by atoms with Crippen molar-refractivity contribution in [1.29, 1.82) is 5.26 Å². The van der Waals surface area contributed by atoms with Crippen molar-refractivity contribution in [2.75, 3.05) is 12.4 Å². The fraction of sp³-hybridized carbons (Fsp3) is 0.400. The van der Waals surface area contributed by atoms with E-state index in [0.717, 1.165) is 0 Å². The van der Waals surface area contributed by atoms with E-state index in [0.29, 0.717) is 11.6 Å². The van der Waals surface area contributed by atoms with Crippen LogP contribution in [0, 0.1) is 24.2 Å². The summed E-state index contributed by atoms with van der Waals surface area (Å²) in [5.41, 5.74) is 0.673.